The van der Waals surface area contributed by atoms with Gasteiger partial charge in [0.25, 0.3) is 10.2 Å². The quantitative estimate of drug-likeness (QED) is 0.677. The lowest BCUT2D eigenvalue weighted by molar-refractivity contribution is 0.418. The van der Waals surface area contributed by atoms with Gasteiger partial charge in [0.15, 0.2) is 9.84 Å². The molecule has 2 saturated heterocycles. The van der Waals surface area contributed by atoms with Crippen molar-refractivity contribution in [3.8, 4) is 0 Å². The maximum absolute atomic E-state index is 12.8. The van der Waals surface area contributed by atoms with E-state index in [0.717, 1.165) is 23.8 Å². The van der Waals surface area contributed by atoms with E-state index < -0.39 is 31.2 Å². The van der Waals surface area contributed by atoms with Gasteiger partial charge in [0, 0.05) is 58.0 Å². The number of hydrogen-bond donors (Lipinski definition) is 0. The fraction of sp³-hybridized carbons (Fsp3) is 0.765. The summed E-state index contributed by atoms with van der Waals surface area (Å²) in [7, 11) is -4.22. The smallest absolute Gasteiger partial charge is 0.281 e. The van der Waals surface area contributed by atoms with Crippen molar-refractivity contribution in [1.82, 2.24) is 18.6 Å². The molecular formula is C17H27N5O4S2. The summed E-state index contributed by atoms with van der Waals surface area (Å²) in [6, 6.07) is 0. The average Bonchev–Trinajstić information content (AvgIpc) is 3.09. The third-order valence-electron chi connectivity index (χ3n) is 6.01. The second-order valence-electron chi connectivity index (χ2n) is 8.33. The Hall–Kier alpha value is -1.30. The van der Waals surface area contributed by atoms with Crippen LogP contribution in [0, 0.1) is 5.92 Å². The maximum Gasteiger partial charge on any atom is 0.281 e. The monoisotopic (exact) mass is 429 g/mol. The van der Waals surface area contributed by atoms with Crippen LogP contribution in [0.2, 0.25) is 0 Å². The van der Waals surface area contributed by atoms with Crippen LogP contribution < -0.4 is 4.90 Å². The lowest BCUT2D eigenvalue weighted by Gasteiger charge is -2.32. The third-order valence-corrected chi connectivity index (χ3v) is 10.0. The van der Waals surface area contributed by atoms with Crippen LogP contribution in [0.3, 0.4) is 0 Å². The molecule has 0 unspecified atom stereocenters. The van der Waals surface area contributed by atoms with Gasteiger partial charge in [0.05, 0.1) is 16.7 Å². The number of nitrogens with zero attached hydrogens (tertiary/aromatic N) is 5. The van der Waals surface area contributed by atoms with Crippen LogP contribution >= 0.6 is 0 Å². The molecule has 3 aliphatic heterocycles. The summed E-state index contributed by atoms with van der Waals surface area (Å²) in [5.74, 6) is 0.606. The van der Waals surface area contributed by atoms with Crippen LogP contribution in [0.1, 0.15) is 36.9 Å². The number of piperidine rings is 1. The van der Waals surface area contributed by atoms with Gasteiger partial charge < -0.3 is 4.90 Å². The Morgan fingerprint density at radius 3 is 2.64 bits per heavy atom. The first kappa shape index (κ1) is 20.0. The highest BCUT2D eigenvalue weighted by Crippen LogP contribution is 2.40. The summed E-state index contributed by atoms with van der Waals surface area (Å²) in [6.07, 6.45) is 3.88. The fourth-order valence-corrected chi connectivity index (χ4v) is 7.72. The van der Waals surface area contributed by atoms with E-state index in [1.807, 2.05) is 0 Å². The van der Waals surface area contributed by atoms with Crippen molar-refractivity contribution in [2.75, 3.05) is 45.2 Å². The Labute approximate surface area is 166 Å². The predicted octanol–water partition coefficient (Wildman–Crippen LogP) is 0.216. The molecule has 0 saturated carbocycles. The van der Waals surface area contributed by atoms with Gasteiger partial charge >= 0.3 is 0 Å². The molecule has 9 nitrogen and oxygen atoms in total. The van der Waals surface area contributed by atoms with Crippen molar-refractivity contribution < 1.29 is 16.8 Å². The first-order valence-corrected chi connectivity index (χ1v) is 12.7. The highest BCUT2D eigenvalue weighted by molar-refractivity contribution is 7.91. The molecule has 3 aliphatic rings. The molecule has 156 valence electrons. The molecule has 0 N–H and O–H groups in total. The number of anilines is 1. The summed E-state index contributed by atoms with van der Waals surface area (Å²) in [6.45, 7) is 4.08. The van der Waals surface area contributed by atoms with Crippen molar-refractivity contribution in [2.24, 2.45) is 5.92 Å². The molecular weight excluding hydrogens is 402 g/mol. The van der Waals surface area contributed by atoms with Crippen molar-refractivity contribution >= 4 is 26.0 Å². The molecule has 2 fully saturated rings. The van der Waals surface area contributed by atoms with E-state index in [0.29, 0.717) is 23.1 Å². The molecule has 3 atom stereocenters. The van der Waals surface area contributed by atoms with Crippen LogP contribution in [-0.2, 0) is 25.8 Å². The van der Waals surface area contributed by atoms with Gasteiger partial charge in [-0.3, -0.25) is 0 Å². The van der Waals surface area contributed by atoms with Crippen molar-refractivity contribution in [2.45, 2.75) is 36.7 Å². The molecule has 0 spiro atoms. The first-order chi connectivity index (χ1) is 13.1. The van der Waals surface area contributed by atoms with Crippen molar-refractivity contribution in [1.29, 1.82) is 0 Å². The predicted molar refractivity (Wildman–Crippen MR) is 106 cm³/mol. The SMILES string of the molecule is C[C@H]1CCCN(c2ncc3c(n2)[C@H]2CN(S(=O)(=O)N(C)C)C[C@H]2S(=O)(=O)C3)C1. The summed E-state index contributed by atoms with van der Waals surface area (Å²) < 4.78 is 53.1. The second kappa shape index (κ2) is 6.89. The molecule has 11 heteroatoms. The molecule has 4 heterocycles. The molecule has 0 aromatic carbocycles. The van der Waals surface area contributed by atoms with E-state index in [1.165, 1.54) is 24.8 Å². The van der Waals surface area contributed by atoms with Crippen LogP contribution in [0.4, 0.5) is 5.95 Å². The maximum atomic E-state index is 12.8. The summed E-state index contributed by atoms with van der Waals surface area (Å²) >= 11 is 0. The fourth-order valence-electron chi connectivity index (χ4n) is 4.47. The van der Waals surface area contributed by atoms with Crippen molar-refractivity contribution in [3.05, 3.63) is 17.5 Å². The normalized spacial score (nSPS) is 30.3. The minimum absolute atomic E-state index is 0.0208. The zero-order valence-corrected chi connectivity index (χ0v) is 18.1. The molecule has 0 aliphatic carbocycles. The zero-order chi connectivity index (χ0) is 20.3. The van der Waals surface area contributed by atoms with Crippen LogP contribution in [0.25, 0.3) is 0 Å². The number of sulfone groups is 1. The van der Waals surface area contributed by atoms with E-state index in [-0.39, 0.29) is 18.8 Å². The molecule has 1 aromatic rings. The van der Waals surface area contributed by atoms with Crippen molar-refractivity contribution in [3.63, 3.8) is 0 Å². The number of hydrogen-bond acceptors (Lipinski definition) is 7. The topological polar surface area (TPSA) is 104 Å². The van der Waals surface area contributed by atoms with Crippen LogP contribution in [0.5, 0.6) is 0 Å². The van der Waals surface area contributed by atoms with Gasteiger partial charge in [-0.05, 0) is 18.8 Å². The van der Waals surface area contributed by atoms with Gasteiger partial charge in [0.2, 0.25) is 5.95 Å². The minimum atomic E-state index is -3.68. The number of aromatic nitrogens is 2. The highest BCUT2D eigenvalue weighted by Gasteiger charge is 2.50. The Bertz CT molecular complexity index is 979. The van der Waals surface area contributed by atoms with E-state index in [2.05, 4.69) is 16.8 Å². The van der Waals surface area contributed by atoms with Gasteiger partial charge in [-0.1, -0.05) is 6.92 Å². The zero-order valence-electron chi connectivity index (χ0n) is 16.4. The largest absolute Gasteiger partial charge is 0.341 e. The molecule has 0 radical (unpaired) electrons. The second-order valence-corrected chi connectivity index (χ2v) is 12.7. The van der Waals surface area contributed by atoms with E-state index in [1.54, 1.807) is 6.20 Å². The van der Waals surface area contributed by atoms with Crippen LogP contribution in [0.15, 0.2) is 6.20 Å². The molecule has 0 amide bonds. The third kappa shape index (κ3) is 3.31. The molecule has 1 aromatic heterocycles. The Kier molecular flexibility index (Phi) is 4.92. The van der Waals surface area contributed by atoms with Gasteiger partial charge in [-0.25, -0.2) is 18.4 Å². The lowest BCUT2D eigenvalue weighted by atomic mass is 9.99. The Morgan fingerprint density at radius 2 is 1.96 bits per heavy atom. The van der Waals surface area contributed by atoms with Crippen LogP contribution in [-0.4, -0.2) is 80.9 Å². The highest BCUT2D eigenvalue weighted by atomic mass is 32.2. The molecule has 0 bridgehead atoms. The average molecular weight is 430 g/mol. The number of rotatable bonds is 3. The summed E-state index contributed by atoms with van der Waals surface area (Å²) in [4.78, 5) is 11.3. The van der Waals surface area contributed by atoms with E-state index in [4.69, 9.17) is 4.98 Å². The van der Waals surface area contributed by atoms with Gasteiger partial charge in [-0.15, -0.1) is 0 Å². The number of fused-ring (bicyclic) bond motifs is 3. The Balaban J connectivity index is 1.71. The molecule has 28 heavy (non-hydrogen) atoms. The lowest BCUT2D eigenvalue weighted by Crippen LogP contribution is -2.40. The molecule has 4 rings (SSSR count). The van der Waals surface area contributed by atoms with Gasteiger partial charge in [-0.2, -0.15) is 17.0 Å². The Morgan fingerprint density at radius 1 is 1.21 bits per heavy atom. The summed E-state index contributed by atoms with van der Waals surface area (Å²) in [5.41, 5.74) is 1.29. The summed E-state index contributed by atoms with van der Waals surface area (Å²) in [5, 5.41) is -0.752. The van der Waals surface area contributed by atoms with E-state index >= 15 is 0 Å². The van der Waals surface area contributed by atoms with E-state index in [9.17, 15) is 16.8 Å². The minimum Gasteiger partial charge on any atom is -0.341 e. The first-order valence-electron chi connectivity index (χ1n) is 9.59. The van der Waals surface area contributed by atoms with Gasteiger partial charge in [0.1, 0.15) is 0 Å². The standard InChI is InChI=1S/C17H27N5O4S2/c1-12-5-4-6-21(8-12)17-18-7-13-11-27(23,24)15-10-22(28(25,26)20(2)3)9-14(15)16(13)19-17/h7,12,14-15H,4-6,8-11H2,1-3H3/t12-,14-,15+/m0/s1.